The molecule has 0 amide bonds. The predicted molar refractivity (Wildman–Crippen MR) is 88.9 cm³/mol. The van der Waals surface area contributed by atoms with Crippen molar-refractivity contribution >= 4 is 23.3 Å². The van der Waals surface area contributed by atoms with Gasteiger partial charge in [-0.1, -0.05) is 11.6 Å². The summed E-state index contributed by atoms with van der Waals surface area (Å²) in [5.41, 5.74) is 0.0150. The fraction of sp³-hybridized carbons (Fsp3) is 0.400. The van der Waals surface area contributed by atoms with Crippen LogP contribution in [-0.4, -0.2) is 35.0 Å². The number of allylic oxidation sites excluding steroid dienone is 1. The van der Waals surface area contributed by atoms with E-state index in [1.54, 1.807) is 13.8 Å². The maximum Gasteiger partial charge on any atom is 0.336 e. The number of carbonyl (C=O) groups excluding carboxylic acids is 1. The number of benzene rings is 1. The first-order valence-electron chi connectivity index (χ1n) is 7.32. The van der Waals surface area contributed by atoms with Gasteiger partial charge in [-0.25, -0.2) is 4.79 Å². The van der Waals surface area contributed by atoms with Gasteiger partial charge in [0.15, 0.2) is 0 Å². The fourth-order valence-electron chi connectivity index (χ4n) is 3.17. The normalized spacial score (nSPS) is 23.0. The summed E-state index contributed by atoms with van der Waals surface area (Å²) in [6.07, 6.45) is 0. The van der Waals surface area contributed by atoms with Crippen LogP contribution in [0.3, 0.4) is 0 Å². The summed E-state index contributed by atoms with van der Waals surface area (Å²) in [6.45, 7) is 3.15. The van der Waals surface area contributed by atoms with Crippen molar-refractivity contribution in [2.45, 2.75) is 31.8 Å². The molecule has 25 heavy (non-hydrogen) atoms. The highest BCUT2D eigenvalue weighted by atomic mass is 35.5. The number of nitrogens with one attached hydrogen (secondary N) is 1. The van der Waals surface area contributed by atoms with Gasteiger partial charge in [-0.2, -0.15) is 0 Å². The molecule has 1 aliphatic rings. The quantitative estimate of drug-likeness (QED) is 0.490. The molecule has 1 aliphatic heterocycles. The zero-order valence-electron chi connectivity index (χ0n) is 13.7. The maximum absolute atomic E-state index is 12.3. The predicted octanol–water partition coefficient (Wildman–Crippen LogP) is 2.42. The van der Waals surface area contributed by atoms with Gasteiger partial charge in [0.2, 0.25) is 6.04 Å². The number of methoxy groups -OCH3 is 1. The van der Waals surface area contributed by atoms with Crippen molar-refractivity contribution in [3.05, 3.63) is 60.3 Å². The van der Waals surface area contributed by atoms with Crippen LogP contribution < -0.4 is 5.32 Å². The lowest BCUT2D eigenvalue weighted by atomic mass is 9.78. The molecule has 0 radical (unpaired) electrons. The molecular formula is C15H16ClN3O6. The van der Waals surface area contributed by atoms with E-state index in [9.17, 15) is 25.0 Å². The standard InChI is InChI=1S/C15H16ClN3O6/c1-7-12(15(20)25-3)13(14(19(23)24)8(2)17-7)10-6-9(16)4-5-11(10)18(21)22/h4-6,8,13-14,17H,1-3H3. The Balaban J connectivity index is 2.81. The smallest absolute Gasteiger partial charge is 0.336 e. The minimum atomic E-state index is -1.31. The minimum Gasteiger partial charge on any atom is -0.466 e. The molecule has 1 aromatic rings. The second-order valence-electron chi connectivity index (χ2n) is 5.68. The Morgan fingerprint density at radius 1 is 1.32 bits per heavy atom. The van der Waals surface area contributed by atoms with E-state index in [1.807, 2.05) is 0 Å². The van der Waals surface area contributed by atoms with E-state index in [1.165, 1.54) is 18.2 Å². The van der Waals surface area contributed by atoms with Gasteiger partial charge in [-0.3, -0.25) is 20.2 Å². The molecule has 134 valence electrons. The zero-order chi connectivity index (χ0) is 18.9. The summed E-state index contributed by atoms with van der Waals surface area (Å²) in [4.78, 5) is 34.1. The first kappa shape index (κ1) is 18.7. The van der Waals surface area contributed by atoms with Gasteiger partial charge < -0.3 is 10.1 Å². The molecule has 0 fully saturated rings. The number of esters is 1. The van der Waals surface area contributed by atoms with E-state index in [0.717, 1.165) is 7.11 Å². The molecule has 0 spiro atoms. The summed E-state index contributed by atoms with van der Waals surface area (Å²) >= 11 is 5.96. The number of hydrogen-bond donors (Lipinski definition) is 1. The van der Waals surface area contributed by atoms with Crippen LogP contribution in [0.1, 0.15) is 25.3 Å². The van der Waals surface area contributed by atoms with Crippen molar-refractivity contribution in [2.75, 3.05) is 7.11 Å². The van der Waals surface area contributed by atoms with Gasteiger partial charge in [0.25, 0.3) is 5.69 Å². The molecule has 10 heteroatoms. The van der Waals surface area contributed by atoms with E-state index < -0.39 is 33.8 Å². The van der Waals surface area contributed by atoms with Crippen molar-refractivity contribution in [3.8, 4) is 0 Å². The average molecular weight is 370 g/mol. The van der Waals surface area contributed by atoms with Crippen LogP contribution >= 0.6 is 11.6 Å². The van der Waals surface area contributed by atoms with Crippen LogP contribution in [0.25, 0.3) is 0 Å². The van der Waals surface area contributed by atoms with Gasteiger partial charge >= 0.3 is 5.97 Å². The van der Waals surface area contributed by atoms with Crippen LogP contribution in [0.4, 0.5) is 5.69 Å². The van der Waals surface area contributed by atoms with E-state index in [2.05, 4.69) is 5.32 Å². The maximum atomic E-state index is 12.3. The second kappa shape index (κ2) is 7.06. The number of carbonyl (C=O) groups is 1. The number of rotatable bonds is 4. The third-order valence-corrected chi connectivity index (χ3v) is 4.42. The largest absolute Gasteiger partial charge is 0.466 e. The van der Waals surface area contributed by atoms with Crippen LogP contribution in [0, 0.1) is 20.2 Å². The molecule has 0 aliphatic carbocycles. The fourth-order valence-corrected chi connectivity index (χ4v) is 3.35. The lowest BCUT2D eigenvalue weighted by Gasteiger charge is -2.33. The topological polar surface area (TPSA) is 125 Å². The Kier molecular flexibility index (Phi) is 5.27. The Morgan fingerprint density at radius 3 is 2.48 bits per heavy atom. The molecule has 1 N–H and O–H groups in total. The molecule has 1 aromatic carbocycles. The SMILES string of the molecule is COC(=O)C1=C(C)NC(C)C([N+](=O)[O-])C1c1cc(Cl)ccc1[N+](=O)[O-]. The molecule has 2 rings (SSSR count). The number of hydrogen-bond acceptors (Lipinski definition) is 7. The van der Waals surface area contributed by atoms with Gasteiger partial charge in [0.05, 0.1) is 29.6 Å². The van der Waals surface area contributed by atoms with Gasteiger partial charge in [-0.15, -0.1) is 0 Å². The summed E-state index contributed by atoms with van der Waals surface area (Å²) < 4.78 is 4.74. The highest BCUT2D eigenvalue weighted by Crippen LogP contribution is 2.41. The first-order valence-corrected chi connectivity index (χ1v) is 7.69. The van der Waals surface area contributed by atoms with Gasteiger partial charge in [-0.05, 0) is 26.0 Å². The molecule has 3 atom stereocenters. The van der Waals surface area contributed by atoms with E-state index >= 15 is 0 Å². The average Bonchev–Trinajstić information content (AvgIpc) is 2.52. The zero-order valence-corrected chi connectivity index (χ0v) is 14.4. The first-order chi connectivity index (χ1) is 11.7. The number of ether oxygens (including phenoxy) is 1. The minimum absolute atomic E-state index is 0.00676. The number of halogens is 1. The van der Waals surface area contributed by atoms with E-state index in [-0.39, 0.29) is 21.8 Å². The molecule has 1 heterocycles. The molecule has 9 nitrogen and oxygen atoms in total. The molecular weight excluding hydrogens is 354 g/mol. The third kappa shape index (κ3) is 3.41. The molecule has 0 bridgehead atoms. The Hall–Kier alpha value is -2.68. The summed E-state index contributed by atoms with van der Waals surface area (Å²) in [6, 6.07) is 1.81. The Bertz CT molecular complexity index is 779. The third-order valence-electron chi connectivity index (χ3n) is 4.18. The molecule has 0 aromatic heterocycles. The lowest BCUT2D eigenvalue weighted by molar-refractivity contribution is -0.530. The second-order valence-corrected chi connectivity index (χ2v) is 6.11. The summed E-state index contributed by atoms with van der Waals surface area (Å²) in [5.74, 6) is -1.96. The Morgan fingerprint density at radius 2 is 1.96 bits per heavy atom. The van der Waals surface area contributed by atoms with Crippen LogP contribution in [0.2, 0.25) is 5.02 Å². The van der Waals surface area contributed by atoms with Gasteiger partial charge in [0.1, 0.15) is 0 Å². The van der Waals surface area contributed by atoms with Gasteiger partial charge in [0, 0.05) is 27.3 Å². The highest BCUT2D eigenvalue weighted by Gasteiger charge is 2.49. The van der Waals surface area contributed by atoms with Crippen LogP contribution in [0.15, 0.2) is 29.5 Å². The van der Waals surface area contributed by atoms with Crippen molar-refractivity contribution in [1.82, 2.24) is 5.32 Å². The number of nitro benzene ring substituents is 1. The van der Waals surface area contributed by atoms with E-state index in [0.29, 0.717) is 5.70 Å². The number of nitro groups is 2. The van der Waals surface area contributed by atoms with Crippen LogP contribution in [0.5, 0.6) is 0 Å². The monoisotopic (exact) mass is 369 g/mol. The summed E-state index contributed by atoms with van der Waals surface area (Å²) in [5, 5.41) is 26.1. The molecule has 0 saturated carbocycles. The highest BCUT2D eigenvalue weighted by molar-refractivity contribution is 6.30. The molecule has 0 saturated heterocycles. The summed E-state index contributed by atoms with van der Waals surface area (Å²) in [7, 11) is 1.14. The van der Waals surface area contributed by atoms with Crippen molar-refractivity contribution in [1.29, 1.82) is 0 Å². The van der Waals surface area contributed by atoms with Crippen molar-refractivity contribution in [3.63, 3.8) is 0 Å². The van der Waals surface area contributed by atoms with Crippen molar-refractivity contribution in [2.24, 2.45) is 0 Å². The van der Waals surface area contributed by atoms with Crippen LogP contribution in [-0.2, 0) is 9.53 Å². The Labute approximate surface area is 147 Å². The van der Waals surface area contributed by atoms with Crippen molar-refractivity contribution < 1.29 is 19.4 Å². The number of nitrogens with zero attached hydrogens (tertiary/aromatic N) is 2. The lowest BCUT2D eigenvalue weighted by Crippen LogP contribution is -2.51. The van der Waals surface area contributed by atoms with E-state index in [4.69, 9.17) is 16.3 Å². The molecule has 3 unspecified atom stereocenters.